The van der Waals surface area contributed by atoms with Crippen molar-refractivity contribution in [1.29, 1.82) is 0 Å². The summed E-state index contributed by atoms with van der Waals surface area (Å²) in [5.74, 6) is 0.646. The van der Waals surface area contributed by atoms with E-state index >= 15 is 0 Å². The Hall–Kier alpha value is -1.30. The Labute approximate surface area is 124 Å². The Morgan fingerprint density at radius 2 is 1.40 bits per heavy atom. The van der Waals surface area contributed by atoms with Crippen LogP contribution in [0.15, 0.2) is 41.0 Å². The number of aryl methyl sites for hydroxylation is 1. The molecule has 0 heterocycles. The molecule has 0 fully saturated rings. The number of rotatable bonds is 5. The van der Waals surface area contributed by atoms with Gasteiger partial charge in [0.2, 0.25) is 0 Å². The molecule has 0 nitrogen and oxygen atoms in total. The van der Waals surface area contributed by atoms with Crippen LogP contribution in [0.4, 0.5) is 0 Å². The highest BCUT2D eigenvalue weighted by atomic mass is 14.3. The zero-order valence-electron chi connectivity index (χ0n) is 13.7. The molecule has 0 N–H and O–H groups in total. The lowest BCUT2D eigenvalue weighted by Crippen LogP contribution is -2.02. The van der Waals surface area contributed by atoms with E-state index in [1.165, 1.54) is 30.4 Å². The number of hydrogen-bond donors (Lipinski definition) is 0. The Bertz CT molecular complexity index is 526. The second kappa shape index (κ2) is 6.43. The lowest BCUT2D eigenvalue weighted by Gasteiger charge is -2.18. The minimum atomic E-state index is 0.646. The first-order valence-electron chi connectivity index (χ1n) is 8.20. The van der Waals surface area contributed by atoms with E-state index in [4.69, 9.17) is 0 Å². The molecule has 1 aromatic carbocycles. The lowest BCUT2D eigenvalue weighted by molar-refractivity contribution is 0.719. The van der Waals surface area contributed by atoms with E-state index in [9.17, 15) is 0 Å². The molecule has 1 aliphatic rings. The molecular weight excluding hydrogens is 240 g/mol. The summed E-state index contributed by atoms with van der Waals surface area (Å²) < 4.78 is 0. The van der Waals surface area contributed by atoms with Gasteiger partial charge >= 0.3 is 0 Å². The molecule has 0 amide bonds. The first kappa shape index (κ1) is 15.1. The SMILES string of the molecule is CCC1=C(CC)C(CC)C(c2ccc(C)cc2)=C1CC. The Morgan fingerprint density at radius 1 is 0.800 bits per heavy atom. The maximum absolute atomic E-state index is 2.33. The number of benzene rings is 1. The highest BCUT2D eigenvalue weighted by molar-refractivity contribution is 5.80. The molecule has 0 aliphatic heterocycles. The van der Waals surface area contributed by atoms with Crippen LogP contribution in [0.1, 0.15) is 64.5 Å². The molecular formula is C20H28. The van der Waals surface area contributed by atoms with Gasteiger partial charge in [-0.3, -0.25) is 0 Å². The highest BCUT2D eigenvalue weighted by Crippen LogP contribution is 2.47. The molecule has 1 aliphatic carbocycles. The van der Waals surface area contributed by atoms with Crippen molar-refractivity contribution >= 4 is 5.57 Å². The first-order chi connectivity index (χ1) is 9.67. The summed E-state index contributed by atoms with van der Waals surface area (Å²) in [4.78, 5) is 0. The van der Waals surface area contributed by atoms with Gasteiger partial charge in [0.1, 0.15) is 0 Å². The summed E-state index contributed by atoms with van der Waals surface area (Å²) in [7, 11) is 0. The summed E-state index contributed by atoms with van der Waals surface area (Å²) >= 11 is 0. The van der Waals surface area contributed by atoms with Crippen LogP contribution in [-0.2, 0) is 0 Å². The van der Waals surface area contributed by atoms with Crippen molar-refractivity contribution < 1.29 is 0 Å². The van der Waals surface area contributed by atoms with Gasteiger partial charge in [-0.2, -0.15) is 0 Å². The van der Waals surface area contributed by atoms with Gasteiger partial charge in [-0.15, -0.1) is 0 Å². The predicted molar refractivity (Wildman–Crippen MR) is 89.8 cm³/mol. The van der Waals surface area contributed by atoms with E-state index in [0.29, 0.717) is 5.92 Å². The van der Waals surface area contributed by atoms with Gasteiger partial charge in [0.25, 0.3) is 0 Å². The van der Waals surface area contributed by atoms with Gasteiger partial charge in [-0.05, 0) is 54.9 Å². The molecule has 0 bridgehead atoms. The molecule has 0 aromatic heterocycles. The van der Waals surface area contributed by atoms with E-state index in [0.717, 1.165) is 6.42 Å². The van der Waals surface area contributed by atoms with Crippen molar-refractivity contribution in [1.82, 2.24) is 0 Å². The van der Waals surface area contributed by atoms with Gasteiger partial charge in [0, 0.05) is 5.92 Å². The minimum Gasteiger partial charge on any atom is -0.0645 e. The van der Waals surface area contributed by atoms with Gasteiger partial charge < -0.3 is 0 Å². The topological polar surface area (TPSA) is 0 Å². The zero-order valence-corrected chi connectivity index (χ0v) is 13.7. The summed E-state index contributed by atoms with van der Waals surface area (Å²) in [5.41, 5.74) is 9.37. The van der Waals surface area contributed by atoms with Crippen LogP contribution in [0.25, 0.3) is 5.57 Å². The van der Waals surface area contributed by atoms with Crippen molar-refractivity contribution in [3.05, 3.63) is 52.1 Å². The predicted octanol–water partition coefficient (Wildman–Crippen LogP) is 6.32. The van der Waals surface area contributed by atoms with Crippen LogP contribution >= 0.6 is 0 Å². The minimum absolute atomic E-state index is 0.646. The normalized spacial score (nSPS) is 19.1. The number of hydrogen-bond acceptors (Lipinski definition) is 0. The number of allylic oxidation sites excluding steroid dienone is 4. The maximum atomic E-state index is 2.33. The van der Waals surface area contributed by atoms with Gasteiger partial charge in [0.15, 0.2) is 0 Å². The molecule has 108 valence electrons. The molecule has 1 unspecified atom stereocenters. The quantitative estimate of drug-likeness (QED) is 0.586. The third-order valence-electron chi connectivity index (χ3n) is 4.70. The fourth-order valence-electron chi connectivity index (χ4n) is 3.81. The Morgan fingerprint density at radius 3 is 1.85 bits per heavy atom. The summed E-state index contributed by atoms with van der Waals surface area (Å²) in [6.45, 7) is 11.4. The van der Waals surface area contributed by atoms with E-state index in [-0.39, 0.29) is 0 Å². The van der Waals surface area contributed by atoms with E-state index in [2.05, 4.69) is 58.9 Å². The molecule has 0 spiro atoms. The van der Waals surface area contributed by atoms with Crippen LogP contribution in [0.2, 0.25) is 0 Å². The third kappa shape index (κ3) is 2.49. The van der Waals surface area contributed by atoms with Crippen LogP contribution in [0.3, 0.4) is 0 Å². The zero-order chi connectivity index (χ0) is 14.7. The molecule has 20 heavy (non-hydrogen) atoms. The fourth-order valence-corrected chi connectivity index (χ4v) is 3.81. The average Bonchev–Trinajstić information content (AvgIpc) is 2.80. The lowest BCUT2D eigenvalue weighted by atomic mass is 9.86. The average molecular weight is 268 g/mol. The van der Waals surface area contributed by atoms with Crippen molar-refractivity contribution in [3.63, 3.8) is 0 Å². The summed E-state index contributed by atoms with van der Waals surface area (Å²) in [5, 5.41) is 0. The van der Waals surface area contributed by atoms with E-state index in [1.54, 1.807) is 22.3 Å². The van der Waals surface area contributed by atoms with Crippen LogP contribution in [0.5, 0.6) is 0 Å². The monoisotopic (exact) mass is 268 g/mol. The molecule has 0 saturated heterocycles. The molecule has 1 aromatic rings. The van der Waals surface area contributed by atoms with Crippen molar-refractivity contribution in [3.8, 4) is 0 Å². The molecule has 0 heteroatoms. The molecule has 1 atom stereocenters. The van der Waals surface area contributed by atoms with Crippen LogP contribution in [0, 0.1) is 12.8 Å². The maximum Gasteiger partial charge on any atom is 0.00601 e. The largest absolute Gasteiger partial charge is 0.0645 e. The molecule has 0 saturated carbocycles. The summed E-state index contributed by atoms with van der Waals surface area (Å²) in [6.07, 6.45) is 4.75. The van der Waals surface area contributed by atoms with Crippen molar-refractivity contribution in [2.75, 3.05) is 0 Å². The standard InChI is InChI=1S/C20H28/c1-6-16-17(7-2)19(9-4)20(18(16)8-3)15-12-10-14(5)11-13-15/h10-13,18H,6-9H2,1-5H3. The highest BCUT2D eigenvalue weighted by Gasteiger charge is 2.30. The Balaban J connectivity index is 2.57. The third-order valence-corrected chi connectivity index (χ3v) is 4.70. The smallest absolute Gasteiger partial charge is 0.00601 e. The van der Waals surface area contributed by atoms with E-state index < -0.39 is 0 Å². The van der Waals surface area contributed by atoms with Crippen LogP contribution in [-0.4, -0.2) is 0 Å². The van der Waals surface area contributed by atoms with E-state index in [1.807, 2.05) is 0 Å². The second-order valence-electron chi connectivity index (χ2n) is 5.78. The van der Waals surface area contributed by atoms with Gasteiger partial charge in [0.05, 0.1) is 0 Å². The van der Waals surface area contributed by atoms with Crippen molar-refractivity contribution in [2.24, 2.45) is 5.92 Å². The van der Waals surface area contributed by atoms with Crippen molar-refractivity contribution in [2.45, 2.75) is 60.3 Å². The summed E-state index contributed by atoms with van der Waals surface area (Å²) in [6, 6.07) is 9.12. The molecule has 2 rings (SSSR count). The Kier molecular flexibility index (Phi) is 4.86. The second-order valence-corrected chi connectivity index (χ2v) is 5.78. The van der Waals surface area contributed by atoms with Crippen LogP contribution < -0.4 is 0 Å². The first-order valence-corrected chi connectivity index (χ1v) is 8.20. The van der Waals surface area contributed by atoms with Gasteiger partial charge in [-0.1, -0.05) is 63.1 Å². The van der Waals surface area contributed by atoms with Gasteiger partial charge in [-0.25, -0.2) is 0 Å². The fraction of sp³-hybridized carbons (Fsp3) is 0.500. The molecule has 0 radical (unpaired) electrons.